The fourth-order valence-electron chi connectivity index (χ4n) is 4.63. The standard InChI is InChI=1S/C24H32N2O4/c1-17-16-30-22(21-15-24(29-3)23(28-2)14-20(17)21)7-8-25-9-11-26(12-10-25)18-5-4-6-19(27)13-18/h4-6,14-15,17,22H,7-13,16H2,1-3H3. The van der Waals surface area contributed by atoms with Gasteiger partial charge in [0, 0.05) is 44.3 Å². The van der Waals surface area contributed by atoms with Crippen molar-refractivity contribution in [2.24, 2.45) is 0 Å². The quantitative estimate of drug-likeness (QED) is 0.715. The van der Waals surface area contributed by atoms with Gasteiger partial charge in [-0.25, -0.2) is 0 Å². The van der Waals surface area contributed by atoms with Gasteiger partial charge in [0.1, 0.15) is 0 Å². The fourth-order valence-corrected chi connectivity index (χ4v) is 4.63. The van der Waals surface area contributed by atoms with Gasteiger partial charge in [-0.15, -0.1) is 0 Å². The van der Waals surface area contributed by atoms with Gasteiger partial charge < -0.3 is 19.1 Å². The van der Waals surface area contributed by atoms with Crippen LogP contribution in [-0.4, -0.2) is 69.1 Å². The van der Waals surface area contributed by atoms with Crippen molar-refractivity contribution in [2.45, 2.75) is 31.8 Å². The molecular weight excluding hydrogens is 380 g/mol. The summed E-state index contributed by atoms with van der Waals surface area (Å²) in [4.78, 5) is 16.5. The second-order valence-electron chi connectivity index (χ2n) is 8.34. The Labute approximate surface area is 179 Å². The first kappa shape index (κ1) is 20.9. The molecule has 1 fully saturated rings. The molecular formula is C24H32N2O4. The molecule has 162 valence electrons. The Morgan fingerprint density at radius 1 is 1.07 bits per heavy atom. The molecule has 6 heteroatoms. The summed E-state index contributed by atoms with van der Waals surface area (Å²) in [5.74, 6) is 2.09. The second-order valence-corrected chi connectivity index (χ2v) is 8.34. The molecule has 0 saturated carbocycles. The van der Waals surface area contributed by atoms with E-state index in [1.165, 1.54) is 11.1 Å². The zero-order valence-corrected chi connectivity index (χ0v) is 18.2. The minimum atomic E-state index is 0.0813. The number of ether oxygens (including phenoxy) is 3. The second kappa shape index (κ2) is 9.23. The van der Waals surface area contributed by atoms with Crippen LogP contribution in [-0.2, 0) is 9.53 Å². The average molecular weight is 413 g/mol. The van der Waals surface area contributed by atoms with Crippen LogP contribution >= 0.6 is 0 Å². The van der Waals surface area contributed by atoms with Gasteiger partial charge in [0.05, 0.1) is 33.4 Å². The Bertz CT molecular complexity index is 840. The molecule has 0 radical (unpaired) electrons. The summed E-state index contributed by atoms with van der Waals surface area (Å²) in [6, 6.07) is 4.20. The Morgan fingerprint density at radius 2 is 1.77 bits per heavy atom. The summed E-state index contributed by atoms with van der Waals surface area (Å²) >= 11 is 0. The van der Waals surface area contributed by atoms with Crippen molar-refractivity contribution in [1.82, 2.24) is 9.80 Å². The van der Waals surface area contributed by atoms with E-state index in [-0.39, 0.29) is 11.9 Å². The van der Waals surface area contributed by atoms with Crippen molar-refractivity contribution in [1.29, 1.82) is 0 Å². The van der Waals surface area contributed by atoms with Crippen LogP contribution in [0, 0.1) is 0 Å². The van der Waals surface area contributed by atoms with E-state index in [4.69, 9.17) is 14.2 Å². The lowest BCUT2D eigenvalue weighted by Gasteiger charge is -2.38. The van der Waals surface area contributed by atoms with E-state index in [2.05, 4.69) is 34.9 Å². The summed E-state index contributed by atoms with van der Waals surface area (Å²) in [7, 11) is 3.36. The van der Waals surface area contributed by atoms with Gasteiger partial charge in [0.15, 0.2) is 17.3 Å². The third-order valence-electron chi connectivity index (χ3n) is 6.43. The lowest BCUT2D eigenvalue weighted by Crippen LogP contribution is -2.46. The Kier molecular flexibility index (Phi) is 6.44. The smallest absolute Gasteiger partial charge is 0.161 e. The number of hydrogen-bond acceptors (Lipinski definition) is 6. The molecule has 30 heavy (non-hydrogen) atoms. The topological polar surface area (TPSA) is 51.2 Å². The van der Waals surface area contributed by atoms with E-state index in [0.717, 1.165) is 62.9 Å². The zero-order chi connectivity index (χ0) is 21.1. The largest absolute Gasteiger partial charge is 0.493 e. The minimum Gasteiger partial charge on any atom is -0.493 e. The number of carbonyl (C=O) groups is 1. The molecule has 3 aliphatic rings. The maximum absolute atomic E-state index is 11.7. The van der Waals surface area contributed by atoms with E-state index in [1.54, 1.807) is 20.3 Å². The van der Waals surface area contributed by atoms with Crippen molar-refractivity contribution in [2.75, 3.05) is 53.6 Å². The number of hydrogen-bond donors (Lipinski definition) is 0. The molecule has 2 unspecified atom stereocenters. The molecule has 0 spiro atoms. The molecule has 6 nitrogen and oxygen atoms in total. The van der Waals surface area contributed by atoms with Gasteiger partial charge in [-0.3, -0.25) is 9.69 Å². The van der Waals surface area contributed by atoms with Crippen molar-refractivity contribution in [3.8, 4) is 11.5 Å². The maximum atomic E-state index is 11.7. The number of carbonyl (C=O) groups excluding carboxylic acids is 1. The number of allylic oxidation sites excluding steroid dienone is 4. The third kappa shape index (κ3) is 4.40. The first-order valence-electron chi connectivity index (χ1n) is 10.8. The van der Waals surface area contributed by atoms with Crippen molar-refractivity contribution in [3.05, 3.63) is 47.2 Å². The Balaban J connectivity index is 1.36. The van der Waals surface area contributed by atoms with Crippen molar-refractivity contribution >= 4 is 5.78 Å². The molecule has 1 aliphatic carbocycles. The monoisotopic (exact) mass is 412 g/mol. The highest BCUT2D eigenvalue weighted by molar-refractivity contribution is 5.92. The van der Waals surface area contributed by atoms with Crippen LogP contribution in [0.4, 0.5) is 0 Å². The summed E-state index contributed by atoms with van der Waals surface area (Å²) in [6.45, 7) is 7.89. The number of benzene rings is 1. The first-order chi connectivity index (χ1) is 14.6. The number of fused-ring (bicyclic) bond motifs is 1. The minimum absolute atomic E-state index is 0.0813. The molecule has 1 saturated heterocycles. The van der Waals surface area contributed by atoms with Crippen LogP contribution in [0.5, 0.6) is 11.5 Å². The van der Waals surface area contributed by atoms with Crippen LogP contribution in [0.15, 0.2) is 36.1 Å². The fraction of sp³-hybridized carbons (Fsp3) is 0.542. The predicted molar refractivity (Wildman–Crippen MR) is 116 cm³/mol. The number of piperazine rings is 1. The first-order valence-corrected chi connectivity index (χ1v) is 10.8. The molecule has 4 rings (SSSR count). The highest BCUT2D eigenvalue weighted by Gasteiger charge is 2.29. The Hall–Kier alpha value is -2.31. The Morgan fingerprint density at radius 3 is 2.43 bits per heavy atom. The van der Waals surface area contributed by atoms with Gasteiger partial charge in [-0.1, -0.05) is 13.0 Å². The lowest BCUT2D eigenvalue weighted by molar-refractivity contribution is -0.114. The summed E-state index contributed by atoms with van der Waals surface area (Å²) in [5.41, 5.74) is 3.68. The average Bonchev–Trinajstić information content (AvgIpc) is 2.78. The van der Waals surface area contributed by atoms with Gasteiger partial charge >= 0.3 is 0 Å². The number of ketones is 1. The third-order valence-corrected chi connectivity index (χ3v) is 6.43. The summed E-state index contributed by atoms with van der Waals surface area (Å²) in [5, 5.41) is 0. The highest BCUT2D eigenvalue weighted by Crippen LogP contribution is 2.42. The highest BCUT2D eigenvalue weighted by atomic mass is 16.5. The van der Waals surface area contributed by atoms with Gasteiger partial charge in [-0.05, 0) is 41.8 Å². The summed E-state index contributed by atoms with van der Waals surface area (Å²) < 4.78 is 17.2. The predicted octanol–water partition coefficient (Wildman–Crippen LogP) is 3.30. The molecule has 1 aromatic carbocycles. The van der Waals surface area contributed by atoms with Gasteiger partial charge in [0.2, 0.25) is 0 Å². The van der Waals surface area contributed by atoms with Crippen LogP contribution in [0.3, 0.4) is 0 Å². The lowest BCUT2D eigenvalue weighted by atomic mass is 9.88. The number of nitrogens with zero attached hydrogens (tertiary/aromatic N) is 2. The molecule has 2 heterocycles. The number of methoxy groups -OCH3 is 2. The van der Waals surface area contributed by atoms with Crippen LogP contribution in [0.25, 0.3) is 0 Å². The van der Waals surface area contributed by atoms with E-state index < -0.39 is 0 Å². The number of rotatable bonds is 6. The van der Waals surface area contributed by atoms with Crippen molar-refractivity contribution in [3.63, 3.8) is 0 Å². The molecule has 2 aliphatic heterocycles. The van der Waals surface area contributed by atoms with Gasteiger partial charge in [0.25, 0.3) is 0 Å². The van der Waals surface area contributed by atoms with Gasteiger partial charge in [-0.2, -0.15) is 0 Å². The molecule has 0 amide bonds. The molecule has 0 aromatic heterocycles. The maximum Gasteiger partial charge on any atom is 0.161 e. The molecule has 1 aromatic rings. The van der Waals surface area contributed by atoms with E-state index >= 15 is 0 Å². The van der Waals surface area contributed by atoms with E-state index in [9.17, 15) is 4.79 Å². The molecule has 2 atom stereocenters. The zero-order valence-electron chi connectivity index (χ0n) is 18.2. The summed E-state index contributed by atoms with van der Waals surface area (Å²) in [6.07, 6.45) is 7.18. The molecule has 0 N–H and O–H groups in total. The van der Waals surface area contributed by atoms with Crippen LogP contribution in [0.2, 0.25) is 0 Å². The SMILES string of the molecule is COc1cc2c(cc1OC)C(CCN1CCN(C3=CC=CC(=O)C3)CC1)OCC2C. The van der Waals surface area contributed by atoms with Crippen LogP contribution in [0.1, 0.15) is 42.9 Å². The van der Waals surface area contributed by atoms with Crippen LogP contribution < -0.4 is 9.47 Å². The molecule has 0 bridgehead atoms. The van der Waals surface area contributed by atoms with E-state index in [0.29, 0.717) is 12.3 Å². The normalized spacial score (nSPS) is 24.4. The van der Waals surface area contributed by atoms with E-state index in [1.807, 2.05) is 6.08 Å². The van der Waals surface area contributed by atoms with Crippen molar-refractivity contribution < 1.29 is 19.0 Å².